The molecule has 5 heteroatoms. The lowest BCUT2D eigenvalue weighted by molar-refractivity contribution is 0.0162. The molecular formula is C22H29ClN2O2. The normalized spacial score (nSPS) is 15.8. The lowest BCUT2D eigenvalue weighted by Gasteiger charge is -2.35. The predicted molar refractivity (Wildman–Crippen MR) is 112 cm³/mol. The number of hydrogen-bond acceptors (Lipinski definition) is 3. The van der Waals surface area contributed by atoms with Crippen molar-refractivity contribution in [1.82, 2.24) is 10.2 Å². The standard InChI is InChI=1S/C22H28N2O2.ClH/c1-17(2)18-8-10-19(11-9-18)21(24-12-14-26-15-13-24)16-23-22(25)20-6-4-3-5-7-20;/h3-11,17,21H,12-16H2,1-2H3,(H,23,25);1H. The number of rotatable bonds is 6. The minimum absolute atomic E-state index is 0. The molecule has 27 heavy (non-hydrogen) atoms. The molecule has 1 amide bonds. The van der Waals surface area contributed by atoms with Crippen LogP contribution >= 0.6 is 12.4 Å². The Kier molecular flexibility index (Phi) is 8.29. The van der Waals surface area contributed by atoms with E-state index in [1.54, 1.807) is 0 Å². The summed E-state index contributed by atoms with van der Waals surface area (Å²) in [6, 6.07) is 18.3. The Morgan fingerprint density at radius 3 is 2.19 bits per heavy atom. The number of halogens is 1. The zero-order valence-corrected chi connectivity index (χ0v) is 16.9. The number of ether oxygens (including phenoxy) is 1. The van der Waals surface area contributed by atoms with Crippen LogP contribution in [0.5, 0.6) is 0 Å². The molecule has 0 aromatic heterocycles. The Morgan fingerprint density at radius 2 is 1.59 bits per heavy atom. The van der Waals surface area contributed by atoms with Gasteiger partial charge >= 0.3 is 0 Å². The molecule has 0 spiro atoms. The van der Waals surface area contributed by atoms with Crippen LogP contribution in [0.15, 0.2) is 54.6 Å². The van der Waals surface area contributed by atoms with Crippen molar-refractivity contribution >= 4 is 18.3 Å². The maximum absolute atomic E-state index is 12.5. The fourth-order valence-corrected chi connectivity index (χ4v) is 3.33. The molecule has 0 saturated carbocycles. The summed E-state index contributed by atoms with van der Waals surface area (Å²) in [5.41, 5.74) is 3.27. The molecule has 2 aromatic carbocycles. The molecule has 0 aliphatic carbocycles. The highest BCUT2D eigenvalue weighted by atomic mass is 35.5. The first-order chi connectivity index (χ1) is 12.6. The quantitative estimate of drug-likeness (QED) is 0.812. The first-order valence-corrected chi connectivity index (χ1v) is 9.40. The second-order valence-electron chi connectivity index (χ2n) is 7.06. The number of benzene rings is 2. The third-order valence-electron chi connectivity index (χ3n) is 4.97. The maximum Gasteiger partial charge on any atom is 0.251 e. The number of carbonyl (C=O) groups excluding carboxylic acids is 1. The van der Waals surface area contributed by atoms with Gasteiger partial charge in [0.1, 0.15) is 0 Å². The first kappa shape index (κ1) is 21.4. The molecule has 1 fully saturated rings. The second kappa shape index (κ2) is 10.5. The molecule has 0 radical (unpaired) electrons. The molecule has 1 heterocycles. The van der Waals surface area contributed by atoms with Gasteiger partial charge in [-0.15, -0.1) is 12.4 Å². The van der Waals surface area contributed by atoms with Crippen LogP contribution in [0.3, 0.4) is 0 Å². The molecule has 1 unspecified atom stereocenters. The average Bonchev–Trinajstić information content (AvgIpc) is 2.70. The molecule has 1 atom stereocenters. The van der Waals surface area contributed by atoms with Crippen molar-refractivity contribution in [3.05, 3.63) is 71.3 Å². The van der Waals surface area contributed by atoms with Gasteiger partial charge in [0.15, 0.2) is 0 Å². The Morgan fingerprint density at radius 1 is 1.00 bits per heavy atom. The van der Waals surface area contributed by atoms with Gasteiger partial charge in [-0.1, -0.05) is 56.3 Å². The summed E-state index contributed by atoms with van der Waals surface area (Å²) in [6.07, 6.45) is 0. The van der Waals surface area contributed by atoms with Gasteiger partial charge in [0, 0.05) is 25.2 Å². The molecule has 1 aliphatic heterocycles. The third-order valence-corrected chi connectivity index (χ3v) is 4.97. The van der Waals surface area contributed by atoms with Crippen LogP contribution in [-0.4, -0.2) is 43.7 Å². The highest BCUT2D eigenvalue weighted by molar-refractivity contribution is 5.94. The molecule has 1 saturated heterocycles. The molecule has 1 aliphatic rings. The van der Waals surface area contributed by atoms with Crippen molar-refractivity contribution < 1.29 is 9.53 Å². The summed E-state index contributed by atoms with van der Waals surface area (Å²) in [7, 11) is 0. The van der Waals surface area contributed by atoms with Crippen molar-refractivity contribution in [2.24, 2.45) is 0 Å². The number of carbonyl (C=O) groups is 1. The van der Waals surface area contributed by atoms with E-state index in [0.717, 1.165) is 26.3 Å². The monoisotopic (exact) mass is 388 g/mol. The molecule has 3 rings (SSSR count). The van der Waals surface area contributed by atoms with Crippen LogP contribution in [0.1, 0.15) is 47.3 Å². The Balaban J connectivity index is 0.00000261. The Labute approximate surface area is 168 Å². The number of amides is 1. The van der Waals surface area contributed by atoms with Crippen LogP contribution in [-0.2, 0) is 4.74 Å². The molecule has 1 N–H and O–H groups in total. The van der Waals surface area contributed by atoms with E-state index in [4.69, 9.17) is 4.74 Å². The fraction of sp³-hybridized carbons (Fsp3) is 0.409. The number of nitrogens with zero attached hydrogens (tertiary/aromatic N) is 1. The van der Waals surface area contributed by atoms with Crippen molar-refractivity contribution in [2.45, 2.75) is 25.8 Å². The van der Waals surface area contributed by atoms with E-state index >= 15 is 0 Å². The van der Waals surface area contributed by atoms with E-state index < -0.39 is 0 Å². The highest BCUT2D eigenvalue weighted by Gasteiger charge is 2.23. The van der Waals surface area contributed by atoms with E-state index in [1.165, 1.54) is 11.1 Å². The summed E-state index contributed by atoms with van der Waals surface area (Å²) in [4.78, 5) is 14.9. The SMILES string of the molecule is CC(C)c1ccc(C(CNC(=O)c2ccccc2)N2CCOCC2)cc1.Cl. The van der Waals surface area contributed by atoms with Gasteiger partial charge in [0.25, 0.3) is 5.91 Å². The number of morpholine rings is 1. The zero-order valence-electron chi connectivity index (χ0n) is 16.1. The van der Waals surface area contributed by atoms with Crippen molar-refractivity contribution in [3.63, 3.8) is 0 Å². The Hall–Kier alpha value is -1.88. The van der Waals surface area contributed by atoms with Crippen LogP contribution in [0, 0.1) is 0 Å². The minimum Gasteiger partial charge on any atom is -0.379 e. The summed E-state index contributed by atoms with van der Waals surface area (Å²) >= 11 is 0. The summed E-state index contributed by atoms with van der Waals surface area (Å²) in [5, 5.41) is 3.11. The zero-order chi connectivity index (χ0) is 18.4. The van der Waals surface area contributed by atoms with Crippen molar-refractivity contribution in [3.8, 4) is 0 Å². The van der Waals surface area contributed by atoms with Crippen molar-refractivity contribution in [1.29, 1.82) is 0 Å². The predicted octanol–water partition coefficient (Wildman–Crippen LogP) is 4.04. The average molecular weight is 389 g/mol. The smallest absolute Gasteiger partial charge is 0.251 e. The summed E-state index contributed by atoms with van der Waals surface area (Å²) in [5.74, 6) is 0.492. The molecular weight excluding hydrogens is 360 g/mol. The van der Waals surface area contributed by atoms with E-state index in [1.807, 2.05) is 30.3 Å². The summed E-state index contributed by atoms with van der Waals surface area (Å²) in [6.45, 7) is 8.26. The maximum atomic E-state index is 12.5. The van der Waals surface area contributed by atoms with E-state index in [2.05, 4.69) is 48.3 Å². The molecule has 146 valence electrons. The van der Waals surface area contributed by atoms with E-state index in [0.29, 0.717) is 18.0 Å². The van der Waals surface area contributed by atoms with Gasteiger partial charge < -0.3 is 10.1 Å². The van der Waals surface area contributed by atoms with Gasteiger partial charge in [-0.05, 0) is 29.2 Å². The topological polar surface area (TPSA) is 41.6 Å². The molecule has 4 nitrogen and oxygen atoms in total. The van der Waals surface area contributed by atoms with Crippen LogP contribution in [0.25, 0.3) is 0 Å². The molecule has 2 aromatic rings. The van der Waals surface area contributed by atoms with Crippen LogP contribution in [0.2, 0.25) is 0 Å². The Bertz CT molecular complexity index is 698. The third kappa shape index (κ3) is 5.80. The lowest BCUT2D eigenvalue weighted by atomic mass is 9.98. The van der Waals surface area contributed by atoms with Gasteiger partial charge in [-0.3, -0.25) is 9.69 Å². The largest absolute Gasteiger partial charge is 0.379 e. The van der Waals surface area contributed by atoms with Gasteiger partial charge in [0.2, 0.25) is 0 Å². The first-order valence-electron chi connectivity index (χ1n) is 9.40. The van der Waals surface area contributed by atoms with Gasteiger partial charge in [0.05, 0.1) is 19.3 Å². The minimum atomic E-state index is -0.0253. The summed E-state index contributed by atoms with van der Waals surface area (Å²) < 4.78 is 5.50. The molecule has 0 bridgehead atoms. The van der Waals surface area contributed by atoms with Gasteiger partial charge in [-0.2, -0.15) is 0 Å². The van der Waals surface area contributed by atoms with Crippen LogP contribution in [0.4, 0.5) is 0 Å². The number of hydrogen-bond donors (Lipinski definition) is 1. The number of nitrogens with one attached hydrogen (secondary N) is 1. The van der Waals surface area contributed by atoms with E-state index in [-0.39, 0.29) is 24.4 Å². The highest BCUT2D eigenvalue weighted by Crippen LogP contribution is 2.24. The van der Waals surface area contributed by atoms with E-state index in [9.17, 15) is 4.79 Å². The van der Waals surface area contributed by atoms with Crippen molar-refractivity contribution in [2.75, 3.05) is 32.8 Å². The second-order valence-corrected chi connectivity index (χ2v) is 7.06. The fourth-order valence-electron chi connectivity index (χ4n) is 3.33. The van der Waals surface area contributed by atoms with Gasteiger partial charge in [-0.25, -0.2) is 0 Å². The lowest BCUT2D eigenvalue weighted by Crippen LogP contribution is -2.43. The van der Waals surface area contributed by atoms with Crippen LogP contribution < -0.4 is 5.32 Å².